The van der Waals surface area contributed by atoms with Crippen LogP contribution in [0, 0.1) is 5.92 Å². The van der Waals surface area contributed by atoms with E-state index in [1.54, 1.807) is 0 Å². The van der Waals surface area contributed by atoms with E-state index in [-0.39, 0.29) is 12.7 Å². The highest BCUT2D eigenvalue weighted by Gasteiger charge is 2.23. The Morgan fingerprint density at radius 2 is 2.29 bits per heavy atom. The lowest BCUT2D eigenvalue weighted by Gasteiger charge is -2.20. The molecule has 1 rings (SSSR count). The second-order valence-corrected chi connectivity index (χ2v) is 5.01. The van der Waals surface area contributed by atoms with E-state index in [1.165, 1.54) is 0 Å². The van der Waals surface area contributed by atoms with Gasteiger partial charge in [-0.3, -0.25) is 0 Å². The maximum Gasteiger partial charge on any atom is 0.0900 e. The molecule has 4 heteroatoms. The van der Waals surface area contributed by atoms with Crippen LogP contribution in [0.3, 0.4) is 0 Å². The first-order valence-corrected chi connectivity index (χ1v) is 6.85. The Labute approximate surface area is 105 Å². The van der Waals surface area contributed by atoms with Crippen molar-refractivity contribution in [3.05, 3.63) is 0 Å². The molecule has 1 aliphatic heterocycles. The van der Waals surface area contributed by atoms with E-state index in [2.05, 4.69) is 11.8 Å². The summed E-state index contributed by atoms with van der Waals surface area (Å²) in [6.45, 7) is 6.35. The lowest BCUT2D eigenvalue weighted by molar-refractivity contribution is 0.0189. The third-order valence-electron chi connectivity index (χ3n) is 3.33. The Balaban J connectivity index is 2.04. The molecule has 0 aliphatic carbocycles. The molecule has 2 unspecified atom stereocenters. The van der Waals surface area contributed by atoms with E-state index >= 15 is 0 Å². The fourth-order valence-electron chi connectivity index (χ4n) is 2.31. The smallest absolute Gasteiger partial charge is 0.0900 e. The molecule has 0 aromatic carbocycles. The zero-order valence-electron chi connectivity index (χ0n) is 11.0. The van der Waals surface area contributed by atoms with Crippen molar-refractivity contribution in [2.24, 2.45) is 5.92 Å². The van der Waals surface area contributed by atoms with Gasteiger partial charge in [0.25, 0.3) is 0 Å². The highest BCUT2D eigenvalue weighted by atomic mass is 16.5. The van der Waals surface area contributed by atoms with Crippen molar-refractivity contribution in [2.45, 2.75) is 38.7 Å². The Morgan fingerprint density at radius 3 is 3.00 bits per heavy atom. The third kappa shape index (κ3) is 6.36. The van der Waals surface area contributed by atoms with Crippen molar-refractivity contribution in [3.8, 4) is 0 Å². The predicted molar refractivity (Wildman–Crippen MR) is 68.0 cm³/mol. The first-order valence-electron chi connectivity index (χ1n) is 6.85. The SMILES string of the molecule is CCCCOCC(O)CN1CCC(CCO)C1. The van der Waals surface area contributed by atoms with E-state index in [0.717, 1.165) is 45.4 Å². The molecule has 1 saturated heterocycles. The molecule has 2 atom stereocenters. The van der Waals surface area contributed by atoms with Crippen LogP contribution in [-0.2, 0) is 4.74 Å². The van der Waals surface area contributed by atoms with Crippen LogP contribution in [0.2, 0.25) is 0 Å². The van der Waals surface area contributed by atoms with Gasteiger partial charge in [-0.25, -0.2) is 0 Å². The largest absolute Gasteiger partial charge is 0.396 e. The quantitative estimate of drug-likeness (QED) is 0.592. The van der Waals surface area contributed by atoms with E-state index < -0.39 is 0 Å². The fraction of sp³-hybridized carbons (Fsp3) is 1.00. The number of rotatable bonds is 9. The van der Waals surface area contributed by atoms with Gasteiger partial charge in [0.1, 0.15) is 0 Å². The van der Waals surface area contributed by atoms with Gasteiger partial charge in [0.2, 0.25) is 0 Å². The van der Waals surface area contributed by atoms with Gasteiger partial charge in [-0.05, 0) is 31.7 Å². The number of aliphatic hydroxyl groups is 2. The molecule has 0 aromatic rings. The lowest BCUT2D eigenvalue weighted by atomic mass is 10.1. The average molecular weight is 245 g/mol. The van der Waals surface area contributed by atoms with Crippen molar-refractivity contribution < 1.29 is 14.9 Å². The molecule has 1 aliphatic rings. The van der Waals surface area contributed by atoms with E-state index in [0.29, 0.717) is 19.1 Å². The lowest BCUT2D eigenvalue weighted by Crippen LogP contribution is -2.33. The Morgan fingerprint density at radius 1 is 1.47 bits per heavy atom. The number of unbranched alkanes of at least 4 members (excludes halogenated alkanes) is 1. The normalized spacial score (nSPS) is 23.1. The van der Waals surface area contributed by atoms with Gasteiger partial charge in [-0.2, -0.15) is 0 Å². The standard InChI is InChI=1S/C13H27NO3/c1-2-3-8-17-11-13(16)10-14-6-4-12(9-14)5-7-15/h12-13,15-16H,2-11H2,1H3. The van der Waals surface area contributed by atoms with Crippen LogP contribution in [0.25, 0.3) is 0 Å². The minimum atomic E-state index is -0.375. The molecule has 1 fully saturated rings. The van der Waals surface area contributed by atoms with E-state index in [9.17, 15) is 5.11 Å². The van der Waals surface area contributed by atoms with Gasteiger partial charge < -0.3 is 19.8 Å². The van der Waals surface area contributed by atoms with Gasteiger partial charge in [-0.15, -0.1) is 0 Å². The number of β-amino-alcohol motifs (C(OH)–C–C–N with tert-alkyl or cyclic N) is 1. The minimum Gasteiger partial charge on any atom is -0.396 e. The minimum absolute atomic E-state index is 0.279. The fourth-order valence-corrected chi connectivity index (χ4v) is 2.31. The molecule has 0 amide bonds. The van der Waals surface area contributed by atoms with E-state index in [4.69, 9.17) is 9.84 Å². The van der Waals surface area contributed by atoms with Gasteiger partial charge in [0.15, 0.2) is 0 Å². The van der Waals surface area contributed by atoms with Gasteiger partial charge in [0, 0.05) is 26.3 Å². The molecule has 0 spiro atoms. The van der Waals surface area contributed by atoms with Crippen molar-refractivity contribution >= 4 is 0 Å². The number of likely N-dealkylation sites (tertiary alicyclic amines) is 1. The first kappa shape index (κ1) is 14.9. The molecule has 0 bridgehead atoms. The maximum absolute atomic E-state index is 9.81. The van der Waals surface area contributed by atoms with E-state index in [1.807, 2.05) is 0 Å². The molecule has 2 N–H and O–H groups in total. The van der Waals surface area contributed by atoms with Gasteiger partial charge in [0.05, 0.1) is 12.7 Å². The molecule has 102 valence electrons. The summed E-state index contributed by atoms with van der Waals surface area (Å²) in [5, 5.41) is 18.7. The summed E-state index contributed by atoms with van der Waals surface area (Å²) in [6.07, 6.45) is 3.85. The summed E-state index contributed by atoms with van der Waals surface area (Å²) in [7, 11) is 0. The molecular formula is C13H27NO3. The molecule has 0 radical (unpaired) electrons. The topological polar surface area (TPSA) is 52.9 Å². The Kier molecular flexibility index (Phi) is 7.77. The zero-order valence-corrected chi connectivity index (χ0v) is 11.0. The zero-order chi connectivity index (χ0) is 12.5. The highest BCUT2D eigenvalue weighted by Crippen LogP contribution is 2.19. The molecular weight excluding hydrogens is 218 g/mol. The number of hydrogen-bond donors (Lipinski definition) is 2. The van der Waals surface area contributed by atoms with Crippen LogP contribution < -0.4 is 0 Å². The Hall–Kier alpha value is -0.160. The van der Waals surface area contributed by atoms with Crippen LogP contribution in [-0.4, -0.2) is 60.7 Å². The Bertz CT molecular complexity index is 190. The monoisotopic (exact) mass is 245 g/mol. The summed E-state index contributed by atoms with van der Waals surface area (Å²) in [4.78, 5) is 2.27. The first-order chi connectivity index (χ1) is 8.26. The number of ether oxygens (including phenoxy) is 1. The molecule has 0 aromatic heterocycles. The van der Waals surface area contributed by atoms with Crippen molar-refractivity contribution in [3.63, 3.8) is 0 Å². The van der Waals surface area contributed by atoms with Crippen molar-refractivity contribution in [1.29, 1.82) is 0 Å². The number of hydrogen-bond acceptors (Lipinski definition) is 4. The van der Waals surface area contributed by atoms with Gasteiger partial charge in [-0.1, -0.05) is 13.3 Å². The number of nitrogens with zero attached hydrogens (tertiary/aromatic N) is 1. The molecule has 4 nitrogen and oxygen atoms in total. The van der Waals surface area contributed by atoms with Crippen LogP contribution in [0.5, 0.6) is 0 Å². The van der Waals surface area contributed by atoms with Gasteiger partial charge >= 0.3 is 0 Å². The highest BCUT2D eigenvalue weighted by molar-refractivity contribution is 4.77. The third-order valence-corrected chi connectivity index (χ3v) is 3.33. The maximum atomic E-state index is 9.81. The predicted octanol–water partition coefficient (Wildman–Crippen LogP) is 0.868. The van der Waals surface area contributed by atoms with Crippen LogP contribution in [0.4, 0.5) is 0 Å². The summed E-state index contributed by atoms with van der Waals surface area (Å²) in [5.74, 6) is 0.605. The second kappa shape index (κ2) is 8.86. The van der Waals surface area contributed by atoms with Crippen molar-refractivity contribution in [1.82, 2.24) is 4.90 Å². The summed E-state index contributed by atoms with van der Waals surface area (Å²) >= 11 is 0. The second-order valence-electron chi connectivity index (χ2n) is 5.01. The summed E-state index contributed by atoms with van der Waals surface area (Å²) in [6, 6.07) is 0. The average Bonchev–Trinajstić information content (AvgIpc) is 2.73. The summed E-state index contributed by atoms with van der Waals surface area (Å²) < 4.78 is 5.40. The molecule has 17 heavy (non-hydrogen) atoms. The van der Waals surface area contributed by atoms with Crippen LogP contribution in [0.15, 0.2) is 0 Å². The van der Waals surface area contributed by atoms with Crippen LogP contribution >= 0.6 is 0 Å². The van der Waals surface area contributed by atoms with Crippen LogP contribution in [0.1, 0.15) is 32.6 Å². The van der Waals surface area contributed by atoms with Crippen molar-refractivity contribution in [2.75, 3.05) is 39.5 Å². The molecule has 1 heterocycles. The molecule has 0 saturated carbocycles. The number of aliphatic hydroxyl groups excluding tert-OH is 2. The summed E-state index contributed by atoms with van der Waals surface area (Å²) in [5.41, 5.74) is 0.